The van der Waals surface area contributed by atoms with E-state index in [4.69, 9.17) is 37.9 Å². The summed E-state index contributed by atoms with van der Waals surface area (Å²) in [6.45, 7) is 10.2. The summed E-state index contributed by atoms with van der Waals surface area (Å²) >= 11 is 0. The van der Waals surface area contributed by atoms with Crippen molar-refractivity contribution in [3.8, 4) is 0 Å². The Bertz CT molecular complexity index is 1690. The smallest absolute Gasteiger partial charge is 0.306 e. The number of cyclic esters (lactones) is 1. The maximum absolute atomic E-state index is 15.2. The van der Waals surface area contributed by atoms with Gasteiger partial charge in [-0.25, -0.2) is 0 Å². The van der Waals surface area contributed by atoms with Crippen LogP contribution in [0.2, 0.25) is 0 Å². The number of amides is 1. The predicted molar refractivity (Wildman–Crippen MR) is 227 cm³/mol. The minimum atomic E-state index is -0.697. The number of carbonyl (C=O) groups excluding carboxylic acids is 3. The quantitative estimate of drug-likeness (QED) is 0.248. The van der Waals surface area contributed by atoms with Crippen LogP contribution >= 0.6 is 0 Å². The van der Waals surface area contributed by atoms with Crippen LogP contribution in [0.4, 0.5) is 0 Å². The number of ether oxygens (including phenoxy) is 8. The zero-order valence-corrected chi connectivity index (χ0v) is 38.1. The molecule has 13 heteroatoms. The van der Waals surface area contributed by atoms with Crippen LogP contribution < -0.4 is 0 Å². The molecule has 61 heavy (non-hydrogen) atoms. The third-order valence-corrected chi connectivity index (χ3v) is 15.2. The molecular formula is C48H72N2O11. The van der Waals surface area contributed by atoms with Crippen LogP contribution in [-0.4, -0.2) is 142 Å². The molecule has 0 spiro atoms. The van der Waals surface area contributed by atoms with Crippen molar-refractivity contribution >= 4 is 17.7 Å². The number of piperidine rings is 1. The van der Waals surface area contributed by atoms with Crippen molar-refractivity contribution in [2.45, 2.75) is 172 Å². The highest BCUT2D eigenvalue weighted by Gasteiger charge is 2.59. The van der Waals surface area contributed by atoms with Gasteiger partial charge >= 0.3 is 5.97 Å². The number of rotatable bonds is 10. The summed E-state index contributed by atoms with van der Waals surface area (Å²) < 4.78 is 50.3. The second-order valence-electron chi connectivity index (χ2n) is 18.8. The molecule has 0 aromatic heterocycles. The Kier molecular flexibility index (Phi) is 15.1. The average molecular weight is 853 g/mol. The number of Topliss-reactive ketones (excluding diaryl/α,β-unsaturated/α-hetero) is 1. The molecule has 1 saturated carbocycles. The largest absolute Gasteiger partial charge is 0.462 e. The maximum atomic E-state index is 15.2. The van der Waals surface area contributed by atoms with E-state index in [9.17, 15) is 9.59 Å². The van der Waals surface area contributed by atoms with Gasteiger partial charge in [-0.3, -0.25) is 14.4 Å². The Morgan fingerprint density at radius 1 is 0.836 bits per heavy atom. The molecule has 4 unspecified atom stereocenters. The Labute approximate surface area is 363 Å². The van der Waals surface area contributed by atoms with Crippen LogP contribution in [0.15, 0.2) is 42.0 Å². The van der Waals surface area contributed by atoms with Gasteiger partial charge in [0.2, 0.25) is 0 Å². The van der Waals surface area contributed by atoms with Crippen LogP contribution in [0.1, 0.15) is 103 Å². The monoisotopic (exact) mass is 853 g/mol. The fourth-order valence-corrected chi connectivity index (χ4v) is 12.0. The minimum Gasteiger partial charge on any atom is -0.462 e. The lowest BCUT2D eigenvalue weighted by atomic mass is 9.70. The van der Waals surface area contributed by atoms with Crippen molar-refractivity contribution in [2.24, 2.45) is 29.6 Å². The molecule has 13 nitrogen and oxygen atoms in total. The molecule has 0 radical (unpaired) electrons. The number of likely N-dealkylation sites (N-methyl/N-ethyl adjacent to an activating group) is 1. The summed E-state index contributed by atoms with van der Waals surface area (Å²) in [7, 11) is 9.07. The van der Waals surface area contributed by atoms with E-state index in [1.165, 1.54) is 0 Å². The number of methoxy groups -OCH3 is 3. The standard InChI is InChI=1S/C48H72N2O11/c1-11-31-18-15-19-39(61-41-21-20-38(49(6)7)28(4)57-41)26(2)43(52)37-24-35-34-23-32(60-48-46(56-10)45(55-9)44(54-8)29(5)58-48)22-33(34)27(3)50(42(35)36(37)25-40(51)59-31)47(53)30-16-13-12-14-17-30/h12-14,16-17,24,26-29,31-36,38-39,41-42,44-46,48H,11,15,18-23,25H2,1-10H3/t26-,27-,28?,29?,31+,32-,33+,34-,35+,36-,38+,39+,41+,42-,44+,45?,46?,48+/m1/s1. The average Bonchev–Trinajstić information content (AvgIpc) is 3.83. The second-order valence-corrected chi connectivity index (χ2v) is 18.8. The van der Waals surface area contributed by atoms with E-state index in [1.54, 1.807) is 21.3 Å². The number of hydrogen-bond acceptors (Lipinski definition) is 12. The molecule has 1 amide bonds. The van der Waals surface area contributed by atoms with E-state index < -0.39 is 48.8 Å². The van der Waals surface area contributed by atoms with Crippen molar-refractivity contribution < 1.29 is 52.3 Å². The highest BCUT2D eigenvalue weighted by molar-refractivity contribution is 6.00. The van der Waals surface area contributed by atoms with Gasteiger partial charge in [-0.1, -0.05) is 38.1 Å². The minimum absolute atomic E-state index is 0.00760. The lowest BCUT2D eigenvalue weighted by Crippen LogP contribution is -2.60. The lowest BCUT2D eigenvalue weighted by Gasteiger charge is -2.51. The van der Waals surface area contributed by atoms with Crippen LogP contribution in [0, 0.1) is 29.6 Å². The molecule has 7 rings (SSSR count). The van der Waals surface area contributed by atoms with Crippen molar-refractivity contribution in [2.75, 3.05) is 35.4 Å². The Morgan fingerprint density at radius 3 is 2.20 bits per heavy atom. The third kappa shape index (κ3) is 9.41. The van der Waals surface area contributed by atoms with E-state index in [-0.39, 0.29) is 78.4 Å². The molecule has 1 aromatic carbocycles. The first-order chi connectivity index (χ1) is 29.3. The Morgan fingerprint density at radius 2 is 1.54 bits per heavy atom. The molecular weight excluding hydrogens is 781 g/mol. The Balaban J connectivity index is 1.22. The number of fused-ring (bicyclic) bond motifs is 5. The van der Waals surface area contributed by atoms with Gasteiger partial charge in [0.25, 0.3) is 5.91 Å². The van der Waals surface area contributed by atoms with E-state index in [0.29, 0.717) is 49.3 Å². The van der Waals surface area contributed by atoms with Gasteiger partial charge in [0, 0.05) is 62.8 Å². The van der Waals surface area contributed by atoms with Gasteiger partial charge in [-0.15, -0.1) is 0 Å². The number of likely N-dealkylation sites (tertiary alicyclic amines) is 1. The summed E-state index contributed by atoms with van der Waals surface area (Å²) in [5.41, 5.74) is 1.18. The summed E-state index contributed by atoms with van der Waals surface area (Å²) in [6, 6.07) is 8.98. The first-order valence-corrected chi connectivity index (χ1v) is 23.0. The van der Waals surface area contributed by atoms with Gasteiger partial charge in [0.15, 0.2) is 18.4 Å². The first-order valence-electron chi connectivity index (χ1n) is 23.0. The highest BCUT2D eigenvalue weighted by atomic mass is 16.7. The first kappa shape index (κ1) is 46.2. The maximum Gasteiger partial charge on any atom is 0.306 e. The van der Waals surface area contributed by atoms with E-state index >= 15 is 4.79 Å². The summed E-state index contributed by atoms with van der Waals surface area (Å²) in [5.74, 6) is -1.59. The molecule has 4 heterocycles. The van der Waals surface area contributed by atoms with Gasteiger partial charge < -0.3 is 47.7 Å². The summed E-state index contributed by atoms with van der Waals surface area (Å²) in [4.78, 5) is 48.3. The van der Waals surface area contributed by atoms with Gasteiger partial charge in [0.05, 0.1) is 30.8 Å². The predicted octanol–water partition coefficient (Wildman–Crippen LogP) is 6.21. The molecule has 6 aliphatic rings. The number of esters is 1. The second kappa shape index (κ2) is 20.0. The molecule has 1 aromatic rings. The third-order valence-electron chi connectivity index (χ3n) is 15.2. The normalized spacial score (nSPS) is 42.1. The van der Waals surface area contributed by atoms with Crippen LogP contribution in [0.3, 0.4) is 0 Å². The fraction of sp³-hybridized carbons (Fsp3) is 0.771. The van der Waals surface area contributed by atoms with Gasteiger partial charge in [-0.05, 0) is 116 Å². The zero-order chi connectivity index (χ0) is 43.7. The summed E-state index contributed by atoms with van der Waals surface area (Å²) in [6.07, 6.45) is 4.40. The van der Waals surface area contributed by atoms with Crippen molar-refractivity contribution in [3.63, 3.8) is 0 Å². The van der Waals surface area contributed by atoms with E-state index in [0.717, 1.165) is 19.3 Å². The van der Waals surface area contributed by atoms with Crippen molar-refractivity contribution in [1.29, 1.82) is 0 Å². The SMILES string of the molecule is CC[C@H]1CCC[C@H](O[C@H]2CC[C@H](N(C)C)C(C)O2)[C@@H](C)C(=O)C2=C[C@H]3[C@@H]4C[C@H](O[C@@H]5OC(C)[C@H](OC)C(OC)C5OC)C[C@H]4[C@@H](C)N(C(=O)c4ccccc4)[C@H]3[C@@H]2CC(=O)O1. The van der Waals surface area contributed by atoms with Gasteiger partial charge in [-0.2, -0.15) is 0 Å². The fourth-order valence-electron chi connectivity index (χ4n) is 12.0. The number of ketones is 1. The number of carbonyl (C=O) groups is 3. The van der Waals surface area contributed by atoms with Crippen LogP contribution in [0.5, 0.6) is 0 Å². The molecule has 0 N–H and O–H groups in total. The van der Waals surface area contributed by atoms with E-state index in [2.05, 4.69) is 38.9 Å². The highest BCUT2D eigenvalue weighted by Crippen LogP contribution is 2.55. The number of nitrogens with zero attached hydrogens (tertiary/aromatic N) is 2. The molecule has 4 saturated heterocycles. The molecule has 2 aliphatic carbocycles. The van der Waals surface area contributed by atoms with Crippen LogP contribution in [0.25, 0.3) is 0 Å². The lowest BCUT2D eigenvalue weighted by molar-refractivity contribution is -0.314. The van der Waals surface area contributed by atoms with Crippen molar-refractivity contribution in [3.05, 3.63) is 47.5 Å². The molecule has 0 bridgehead atoms. The van der Waals surface area contributed by atoms with Crippen LogP contribution in [-0.2, 0) is 47.5 Å². The number of benzene rings is 1. The van der Waals surface area contributed by atoms with E-state index in [1.807, 2.05) is 56.0 Å². The Hall–Kier alpha value is -2.75. The van der Waals surface area contributed by atoms with Gasteiger partial charge in [0.1, 0.15) is 24.4 Å². The summed E-state index contributed by atoms with van der Waals surface area (Å²) in [5, 5.41) is 0. The molecule has 4 aliphatic heterocycles. The topological polar surface area (TPSA) is 132 Å². The molecule has 340 valence electrons. The zero-order valence-electron chi connectivity index (χ0n) is 38.1. The van der Waals surface area contributed by atoms with Crippen molar-refractivity contribution in [1.82, 2.24) is 9.80 Å². The molecule has 5 fully saturated rings. The number of hydrogen-bond donors (Lipinski definition) is 0. The molecule has 18 atom stereocenters.